The fourth-order valence-corrected chi connectivity index (χ4v) is 1.28. The quantitative estimate of drug-likeness (QED) is 0.730. The van der Waals surface area contributed by atoms with Crippen LogP contribution in [0, 0.1) is 5.82 Å². The molecule has 0 aliphatic heterocycles. The Morgan fingerprint density at radius 1 is 1.54 bits per heavy atom. The van der Waals surface area contributed by atoms with Gasteiger partial charge >= 0.3 is 0 Å². The molecule has 0 radical (unpaired) electrons. The van der Waals surface area contributed by atoms with Crippen LogP contribution in [0.4, 0.5) is 4.39 Å². The Morgan fingerprint density at radius 2 is 2.31 bits per heavy atom. The number of nitrogens with zero attached hydrogens (tertiary/aromatic N) is 1. The number of fused-ring (bicyclic) bond motifs is 1. The van der Waals surface area contributed by atoms with Crippen LogP contribution >= 0.6 is 0 Å². The van der Waals surface area contributed by atoms with Gasteiger partial charge in [0.2, 0.25) is 0 Å². The first-order valence-electron chi connectivity index (χ1n) is 3.99. The van der Waals surface area contributed by atoms with Crippen molar-refractivity contribution in [2.45, 2.75) is 13.0 Å². The smallest absolute Gasteiger partial charge is 0.161 e. The summed E-state index contributed by atoms with van der Waals surface area (Å²) in [6.45, 7) is 1.77. The van der Waals surface area contributed by atoms with Gasteiger partial charge in [-0.3, -0.25) is 0 Å². The van der Waals surface area contributed by atoms with Gasteiger partial charge < -0.3 is 10.3 Å². The van der Waals surface area contributed by atoms with Crippen LogP contribution in [0.2, 0.25) is 0 Å². The van der Waals surface area contributed by atoms with Gasteiger partial charge in [-0.1, -0.05) is 11.2 Å². The molecule has 0 saturated heterocycles. The Labute approximate surface area is 74.3 Å². The van der Waals surface area contributed by atoms with Gasteiger partial charge in [-0.25, -0.2) is 4.39 Å². The molecule has 4 heteroatoms. The monoisotopic (exact) mass is 180 g/mol. The third-order valence-corrected chi connectivity index (χ3v) is 1.90. The summed E-state index contributed by atoms with van der Waals surface area (Å²) in [5.74, 6) is 0.141. The van der Waals surface area contributed by atoms with Crippen molar-refractivity contribution in [3.05, 3.63) is 29.8 Å². The van der Waals surface area contributed by atoms with Crippen molar-refractivity contribution in [1.29, 1.82) is 0 Å². The number of aromatic nitrogens is 1. The highest BCUT2D eigenvalue weighted by Gasteiger charge is 2.13. The van der Waals surface area contributed by atoms with Gasteiger partial charge in [-0.05, 0) is 19.1 Å². The maximum absolute atomic E-state index is 13.1. The van der Waals surface area contributed by atoms with E-state index in [-0.39, 0.29) is 17.4 Å². The zero-order valence-corrected chi connectivity index (χ0v) is 7.12. The molecule has 2 aromatic rings. The molecule has 0 amide bonds. The van der Waals surface area contributed by atoms with Gasteiger partial charge in [0.1, 0.15) is 5.52 Å². The average Bonchev–Trinajstić information content (AvgIpc) is 2.48. The number of hydrogen-bond acceptors (Lipinski definition) is 3. The molecule has 0 aliphatic carbocycles. The summed E-state index contributed by atoms with van der Waals surface area (Å²) in [5, 5.41) is 4.26. The van der Waals surface area contributed by atoms with E-state index in [4.69, 9.17) is 10.3 Å². The van der Waals surface area contributed by atoms with Crippen molar-refractivity contribution in [1.82, 2.24) is 5.16 Å². The SMILES string of the molecule is CC(N)c1onc2c(F)cccc12. The third kappa shape index (κ3) is 1.19. The lowest BCUT2D eigenvalue weighted by Crippen LogP contribution is -2.03. The first kappa shape index (κ1) is 8.19. The molecular formula is C9H9FN2O. The third-order valence-electron chi connectivity index (χ3n) is 1.90. The molecular weight excluding hydrogens is 171 g/mol. The molecule has 0 saturated carbocycles. The minimum absolute atomic E-state index is 0.245. The molecule has 0 fully saturated rings. The minimum atomic E-state index is -0.381. The van der Waals surface area contributed by atoms with Gasteiger partial charge in [0.15, 0.2) is 11.6 Å². The van der Waals surface area contributed by atoms with Crippen LogP contribution < -0.4 is 5.73 Å². The molecule has 0 spiro atoms. The Balaban J connectivity index is 2.75. The summed E-state index contributed by atoms with van der Waals surface area (Å²) in [5.41, 5.74) is 5.86. The fourth-order valence-electron chi connectivity index (χ4n) is 1.28. The second-order valence-corrected chi connectivity index (χ2v) is 2.97. The van der Waals surface area contributed by atoms with Crippen LogP contribution in [-0.2, 0) is 0 Å². The summed E-state index contributed by atoms with van der Waals surface area (Å²) in [6, 6.07) is 4.43. The molecule has 0 aliphatic rings. The summed E-state index contributed by atoms with van der Waals surface area (Å²) in [6.07, 6.45) is 0. The predicted molar refractivity (Wildman–Crippen MR) is 46.6 cm³/mol. The first-order chi connectivity index (χ1) is 6.20. The molecule has 13 heavy (non-hydrogen) atoms. The van der Waals surface area contributed by atoms with E-state index < -0.39 is 0 Å². The van der Waals surface area contributed by atoms with Gasteiger partial charge in [-0.2, -0.15) is 0 Å². The summed E-state index contributed by atoms with van der Waals surface area (Å²) in [4.78, 5) is 0. The van der Waals surface area contributed by atoms with Crippen molar-refractivity contribution in [2.24, 2.45) is 5.73 Å². The van der Waals surface area contributed by atoms with Crippen molar-refractivity contribution in [3.63, 3.8) is 0 Å². The van der Waals surface area contributed by atoms with Crippen molar-refractivity contribution in [3.8, 4) is 0 Å². The Kier molecular flexibility index (Phi) is 1.77. The Hall–Kier alpha value is -1.42. The van der Waals surface area contributed by atoms with Gasteiger partial charge in [-0.15, -0.1) is 0 Å². The van der Waals surface area contributed by atoms with Crippen molar-refractivity contribution < 1.29 is 8.91 Å². The molecule has 2 rings (SSSR count). The highest BCUT2D eigenvalue weighted by Crippen LogP contribution is 2.24. The zero-order valence-electron chi connectivity index (χ0n) is 7.12. The maximum atomic E-state index is 13.1. The maximum Gasteiger partial charge on any atom is 0.161 e. The summed E-state index contributed by atoms with van der Waals surface area (Å²) in [7, 11) is 0. The second kappa shape index (κ2) is 2.81. The molecule has 3 nitrogen and oxygen atoms in total. The van der Waals surface area contributed by atoms with E-state index in [9.17, 15) is 4.39 Å². The molecule has 0 bridgehead atoms. The van der Waals surface area contributed by atoms with Crippen LogP contribution in [0.1, 0.15) is 18.7 Å². The summed E-state index contributed by atoms with van der Waals surface area (Å²) < 4.78 is 18.0. The van der Waals surface area contributed by atoms with E-state index in [1.165, 1.54) is 6.07 Å². The lowest BCUT2D eigenvalue weighted by molar-refractivity contribution is 0.373. The van der Waals surface area contributed by atoms with E-state index in [1.807, 2.05) is 0 Å². The van der Waals surface area contributed by atoms with E-state index in [2.05, 4.69) is 5.16 Å². The molecule has 1 aromatic heterocycles. The zero-order chi connectivity index (χ0) is 9.42. The van der Waals surface area contributed by atoms with E-state index >= 15 is 0 Å². The number of nitrogens with two attached hydrogens (primary N) is 1. The lowest BCUT2D eigenvalue weighted by Gasteiger charge is -1.97. The normalized spacial score (nSPS) is 13.5. The van der Waals surface area contributed by atoms with Crippen molar-refractivity contribution in [2.75, 3.05) is 0 Å². The topological polar surface area (TPSA) is 52.0 Å². The molecule has 1 unspecified atom stereocenters. The summed E-state index contributed by atoms with van der Waals surface area (Å²) >= 11 is 0. The lowest BCUT2D eigenvalue weighted by atomic mass is 10.1. The molecule has 68 valence electrons. The molecule has 1 heterocycles. The molecule has 1 atom stereocenters. The van der Waals surface area contributed by atoms with Crippen LogP contribution in [-0.4, -0.2) is 5.16 Å². The highest BCUT2D eigenvalue weighted by atomic mass is 19.1. The van der Waals surface area contributed by atoms with Gasteiger partial charge in [0, 0.05) is 5.39 Å². The Bertz CT molecular complexity index is 436. The highest BCUT2D eigenvalue weighted by molar-refractivity contribution is 5.81. The van der Waals surface area contributed by atoms with E-state index in [0.29, 0.717) is 11.1 Å². The van der Waals surface area contributed by atoms with Crippen LogP contribution in [0.25, 0.3) is 10.9 Å². The number of rotatable bonds is 1. The van der Waals surface area contributed by atoms with Crippen molar-refractivity contribution >= 4 is 10.9 Å². The minimum Gasteiger partial charge on any atom is -0.358 e. The van der Waals surface area contributed by atoms with E-state index in [1.54, 1.807) is 19.1 Å². The fraction of sp³-hybridized carbons (Fsp3) is 0.222. The second-order valence-electron chi connectivity index (χ2n) is 2.97. The van der Waals surface area contributed by atoms with Gasteiger partial charge in [0.05, 0.1) is 6.04 Å². The first-order valence-corrected chi connectivity index (χ1v) is 3.99. The number of benzene rings is 1. The Morgan fingerprint density at radius 3 is 3.00 bits per heavy atom. The van der Waals surface area contributed by atoms with Crippen LogP contribution in [0.15, 0.2) is 22.7 Å². The predicted octanol–water partition coefficient (Wildman–Crippen LogP) is 1.99. The number of halogens is 1. The van der Waals surface area contributed by atoms with Crippen LogP contribution in [0.5, 0.6) is 0 Å². The van der Waals surface area contributed by atoms with Crippen LogP contribution in [0.3, 0.4) is 0 Å². The number of hydrogen-bond donors (Lipinski definition) is 1. The largest absolute Gasteiger partial charge is 0.358 e. The average molecular weight is 180 g/mol. The molecule has 1 aromatic carbocycles. The van der Waals surface area contributed by atoms with Gasteiger partial charge in [0.25, 0.3) is 0 Å². The van der Waals surface area contributed by atoms with E-state index in [0.717, 1.165) is 0 Å². The molecule has 2 N–H and O–H groups in total. The standard InChI is InChI=1S/C9H9FN2O/c1-5(11)9-6-3-2-4-7(10)8(6)12-13-9/h2-5H,11H2,1H3.